The molecule has 0 spiro atoms. The van der Waals surface area contributed by atoms with Crippen molar-refractivity contribution in [3.05, 3.63) is 21.9 Å². The second kappa shape index (κ2) is 4.74. The fourth-order valence-electron chi connectivity index (χ4n) is 1.72. The SMILES string of the molecule is Cc1cc(Cl)nc(Cl)c1NC(=O)C1CC1C(=O)O. The van der Waals surface area contributed by atoms with Gasteiger partial charge in [0.25, 0.3) is 0 Å². The maximum absolute atomic E-state index is 11.8. The zero-order valence-electron chi connectivity index (χ0n) is 9.41. The first kappa shape index (κ1) is 13.1. The standard InChI is InChI=1S/C11H10Cl2N2O3/c1-4-2-7(12)14-9(13)8(4)15-10(16)5-3-6(5)11(17)18/h2,5-6H,3H2,1H3,(H,15,16)(H,17,18). The van der Waals surface area contributed by atoms with E-state index in [1.54, 1.807) is 13.0 Å². The summed E-state index contributed by atoms with van der Waals surface area (Å²) in [7, 11) is 0. The summed E-state index contributed by atoms with van der Waals surface area (Å²) in [6, 6.07) is 1.57. The number of carbonyl (C=O) groups is 2. The van der Waals surface area contributed by atoms with Gasteiger partial charge in [0, 0.05) is 0 Å². The van der Waals surface area contributed by atoms with Crippen molar-refractivity contribution in [1.29, 1.82) is 0 Å². The fourth-order valence-corrected chi connectivity index (χ4v) is 2.30. The quantitative estimate of drug-likeness (QED) is 0.837. The molecule has 0 saturated heterocycles. The molecule has 2 unspecified atom stereocenters. The molecule has 1 heterocycles. The predicted molar refractivity (Wildman–Crippen MR) is 66.9 cm³/mol. The molecule has 0 radical (unpaired) electrons. The fraction of sp³-hybridized carbons (Fsp3) is 0.364. The largest absolute Gasteiger partial charge is 0.481 e. The molecule has 0 aromatic carbocycles. The molecule has 5 nitrogen and oxygen atoms in total. The van der Waals surface area contributed by atoms with Gasteiger partial charge in [-0.3, -0.25) is 9.59 Å². The maximum Gasteiger partial charge on any atom is 0.307 e. The predicted octanol–water partition coefficient (Wildman–Crippen LogP) is 2.36. The first-order valence-corrected chi connectivity index (χ1v) is 6.02. The Labute approximate surface area is 113 Å². The van der Waals surface area contributed by atoms with E-state index in [-0.39, 0.29) is 16.2 Å². The van der Waals surface area contributed by atoms with E-state index in [0.29, 0.717) is 17.7 Å². The van der Waals surface area contributed by atoms with Gasteiger partial charge in [0.15, 0.2) is 5.15 Å². The van der Waals surface area contributed by atoms with Crippen molar-refractivity contribution in [1.82, 2.24) is 4.98 Å². The number of hydrogen-bond acceptors (Lipinski definition) is 3. The number of rotatable bonds is 3. The summed E-state index contributed by atoms with van der Waals surface area (Å²) in [5.41, 5.74) is 1.06. The number of pyridine rings is 1. The Morgan fingerprint density at radius 1 is 1.44 bits per heavy atom. The molecule has 1 amide bonds. The number of carboxylic acids is 1. The topological polar surface area (TPSA) is 79.3 Å². The van der Waals surface area contributed by atoms with E-state index in [4.69, 9.17) is 28.3 Å². The van der Waals surface area contributed by atoms with Crippen LogP contribution in [0.4, 0.5) is 5.69 Å². The normalized spacial score (nSPS) is 21.5. The second-order valence-corrected chi connectivity index (χ2v) is 4.95. The Morgan fingerprint density at radius 3 is 2.61 bits per heavy atom. The highest BCUT2D eigenvalue weighted by molar-refractivity contribution is 6.34. The number of hydrogen-bond donors (Lipinski definition) is 2. The number of nitrogens with one attached hydrogen (secondary N) is 1. The molecule has 1 aromatic rings. The molecule has 1 aliphatic rings. The van der Waals surface area contributed by atoms with Gasteiger partial charge in [0.1, 0.15) is 5.15 Å². The van der Waals surface area contributed by atoms with Crippen LogP contribution >= 0.6 is 23.2 Å². The number of amides is 1. The van der Waals surface area contributed by atoms with Gasteiger partial charge >= 0.3 is 5.97 Å². The number of aryl methyl sites for hydroxylation is 1. The van der Waals surface area contributed by atoms with Crippen molar-refractivity contribution in [2.75, 3.05) is 5.32 Å². The number of carbonyl (C=O) groups excluding carboxylic acids is 1. The van der Waals surface area contributed by atoms with Crippen LogP contribution in [-0.2, 0) is 9.59 Å². The van der Waals surface area contributed by atoms with Gasteiger partial charge in [0.05, 0.1) is 17.5 Å². The molecule has 0 aliphatic heterocycles. The average Bonchev–Trinajstić information content (AvgIpc) is 3.02. The van der Waals surface area contributed by atoms with E-state index in [1.807, 2.05) is 0 Å². The minimum absolute atomic E-state index is 0.0980. The summed E-state index contributed by atoms with van der Waals surface area (Å²) in [6.07, 6.45) is 0.360. The minimum atomic E-state index is -0.952. The van der Waals surface area contributed by atoms with Crippen LogP contribution in [0.1, 0.15) is 12.0 Å². The van der Waals surface area contributed by atoms with Crippen molar-refractivity contribution in [2.45, 2.75) is 13.3 Å². The van der Waals surface area contributed by atoms with Crippen molar-refractivity contribution < 1.29 is 14.7 Å². The Hall–Kier alpha value is -1.33. The van der Waals surface area contributed by atoms with Crippen LogP contribution in [0.5, 0.6) is 0 Å². The zero-order chi connectivity index (χ0) is 13.4. The minimum Gasteiger partial charge on any atom is -0.481 e. The molecule has 1 aliphatic carbocycles. The van der Waals surface area contributed by atoms with Crippen LogP contribution < -0.4 is 5.32 Å². The van der Waals surface area contributed by atoms with Crippen molar-refractivity contribution in [2.24, 2.45) is 11.8 Å². The molecule has 0 bridgehead atoms. The Morgan fingerprint density at radius 2 is 2.11 bits per heavy atom. The lowest BCUT2D eigenvalue weighted by atomic mass is 10.2. The molecule has 2 rings (SSSR count). The van der Waals surface area contributed by atoms with Gasteiger partial charge in [0.2, 0.25) is 5.91 Å². The Balaban J connectivity index is 2.11. The third-order valence-electron chi connectivity index (χ3n) is 2.83. The maximum atomic E-state index is 11.8. The molecule has 18 heavy (non-hydrogen) atoms. The summed E-state index contributed by atoms with van der Waals surface area (Å²) < 4.78 is 0. The molecule has 1 saturated carbocycles. The number of aromatic nitrogens is 1. The van der Waals surface area contributed by atoms with E-state index in [2.05, 4.69) is 10.3 Å². The van der Waals surface area contributed by atoms with Gasteiger partial charge in [-0.25, -0.2) is 4.98 Å². The van der Waals surface area contributed by atoms with E-state index < -0.39 is 17.8 Å². The molecule has 1 aromatic heterocycles. The van der Waals surface area contributed by atoms with Gasteiger partial charge in [-0.2, -0.15) is 0 Å². The second-order valence-electron chi connectivity index (χ2n) is 4.20. The summed E-state index contributed by atoms with van der Waals surface area (Å²) in [6.45, 7) is 1.73. The lowest BCUT2D eigenvalue weighted by molar-refractivity contribution is -0.139. The van der Waals surface area contributed by atoms with Crippen LogP contribution in [0.15, 0.2) is 6.07 Å². The number of halogens is 2. The first-order chi connectivity index (χ1) is 8.40. The molecular formula is C11H10Cl2N2O3. The van der Waals surface area contributed by atoms with Crippen molar-refractivity contribution in [3.8, 4) is 0 Å². The molecule has 7 heteroatoms. The highest BCUT2D eigenvalue weighted by Gasteiger charge is 2.48. The molecular weight excluding hydrogens is 279 g/mol. The number of aliphatic carboxylic acids is 1. The molecule has 2 atom stereocenters. The van der Waals surface area contributed by atoms with E-state index >= 15 is 0 Å². The van der Waals surface area contributed by atoms with Crippen molar-refractivity contribution in [3.63, 3.8) is 0 Å². The van der Waals surface area contributed by atoms with Crippen molar-refractivity contribution >= 4 is 40.8 Å². The van der Waals surface area contributed by atoms with Crippen LogP contribution in [0.25, 0.3) is 0 Å². The van der Waals surface area contributed by atoms with Gasteiger partial charge in [-0.05, 0) is 25.0 Å². The number of anilines is 1. The first-order valence-electron chi connectivity index (χ1n) is 5.26. The summed E-state index contributed by atoms with van der Waals surface area (Å²) in [5.74, 6) is -2.39. The molecule has 1 fully saturated rings. The average molecular weight is 289 g/mol. The van der Waals surface area contributed by atoms with E-state index in [0.717, 1.165) is 0 Å². The third kappa shape index (κ3) is 2.57. The molecule has 2 N–H and O–H groups in total. The van der Waals surface area contributed by atoms with E-state index in [1.165, 1.54) is 0 Å². The lowest BCUT2D eigenvalue weighted by Gasteiger charge is -2.09. The lowest BCUT2D eigenvalue weighted by Crippen LogP contribution is -2.18. The molecule has 96 valence electrons. The number of nitrogens with zero attached hydrogens (tertiary/aromatic N) is 1. The van der Waals surface area contributed by atoms with Gasteiger partial charge in [-0.1, -0.05) is 23.2 Å². The highest BCUT2D eigenvalue weighted by atomic mass is 35.5. The van der Waals surface area contributed by atoms with Gasteiger partial charge < -0.3 is 10.4 Å². The summed E-state index contributed by atoms with van der Waals surface area (Å²) in [4.78, 5) is 26.3. The van der Waals surface area contributed by atoms with Crippen LogP contribution in [0.2, 0.25) is 10.3 Å². The highest BCUT2D eigenvalue weighted by Crippen LogP contribution is 2.40. The smallest absolute Gasteiger partial charge is 0.307 e. The zero-order valence-corrected chi connectivity index (χ0v) is 10.9. The van der Waals surface area contributed by atoms with Crippen LogP contribution in [0, 0.1) is 18.8 Å². The Kier molecular flexibility index (Phi) is 3.45. The monoisotopic (exact) mass is 288 g/mol. The van der Waals surface area contributed by atoms with E-state index in [9.17, 15) is 9.59 Å². The number of carboxylic acid groups (broad SMARTS) is 1. The third-order valence-corrected chi connectivity index (χ3v) is 3.30. The Bertz CT molecular complexity index is 510. The van der Waals surface area contributed by atoms with Crippen LogP contribution in [0.3, 0.4) is 0 Å². The summed E-state index contributed by atoms with van der Waals surface area (Å²) >= 11 is 11.6. The summed E-state index contributed by atoms with van der Waals surface area (Å²) in [5, 5.41) is 11.7. The van der Waals surface area contributed by atoms with Gasteiger partial charge in [-0.15, -0.1) is 0 Å². The van der Waals surface area contributed by atoms with Crippen LogP contribution in [-0.4, -0.2) is 22.0 Å².